The van der Waals surface area contributed by atoms with Crippen LogP contribution in [0.25, 0.3) is 0 Å². The standard InChI is InChI=1S/C16H24N4O4/c1-19(16(22)11-3-4-11)7-5-13-17-15(24-18-13)12-9-20(10-12)14(21)6-8-23-2/h11-12H,3-10H2,1-2H3. The summed E-state index contributed by atoms with van der Waals surface area (Å²) in [5.74, 6) is 1.84. The minimum atomic E-state index is 0.0908. The Kier molecular flexibility index (Phi) is 5.13. The van der Waals surface area contributed by atoms with E-state index in [1.54, 1.807) is 16.9 Å². The van der Waals surface area contributed by atoms with Crippen molar-refractivity contribution in [2.75, 3.05) is 40.4 Å². The molecule has 1 aromatic heterocycles. The molecule has 2 heterocycles. The van der Waals surface area contributed by atoms with Gasteiger partial charge in [0.15, 0.2) is 5.82 Å². The molecule has 132 valence electrons. The third kappa shape index (κ3) is 3.92. The molecule has 2 fully saturated rings. The lowest BCUT2D eigenvalue weighted by Gasteiger charge is -2.37. The van der Waals surface area contributed by atoms with Crippen molar-refractivity contribution in [3.63, 3.8) is 0 Å². The molecule has 0 bridgehead atoms. The Bertz CT molecular complexity index is 593. The largest absolute Gasteiger partial charge is 0.384 e. The van der Waals surface area contributed by atoms with Crippen LogP contribution in [0.1, 0.15) is 36.9 Å². The molecule has 2 aliphatic rings. The number of aromatic nitrogens is 2. The van der Waals surface area contributed by atoms with Gasteiger partial charge < -0.3 is 19.1 Å². The van der Waals surface area contributed by atoms with Gasteiger partial charge in [-0.2, -0.15) is 4.98 Å². The number of carbonyl (C=O) groups excluding carboxylic acids is 2. The van der Waals surface area contributed by atoms with E-state index >= 15 is 0 Å². The van der Waals surface area contributed by atoms with Crippen molar-refractivity contribution in [3.05, 3.63) is 11.7 Å². The van der Waals surface area contributed by atoms with E-state index in [1.165, 1.54) is 0 Å². The number of rotatable bonds is 8. The highest BCUT2D eigenvalue weighted by Crippen LogP contribution is 2.30. The van der Waals surface area contributed by atoms with Gasteiger partial charge in [0, 0.05) is 46.1 Å². The van der Waals surface area contributed by atoms with Gasteiger partial charge in [-0.05, 0) is 12.8 Å². The molecule has 2 amide bonds. The van der Waals surface area contributed by atoms with E-state index in [0.717, 1.165) is 12.8 Å². The van der Waals surface area contributed by atoms with E-state index in [2.05, 4.69) is 10.1 Å². The molecule has 1 aliphatic carbocycles. The number of hydrogen-bond acceptors (Lipinski definition) is 6. The quantitative estimate of drug-likeness (QED) is 0.684. The van der Waals surface area contributed by atoms with Crippen LogP contribution in [0.3, 0.4) is 0 Å². The minimum Gasteiger partial charge on any atom is -0.384 e. The second-order valence-electron chi connectivity index (χ2n) is 6.57. The van der Waals surface area contributed by atoms with Crippen LogP contribution in [0.4, 0.5) is 0 Å². The van der Waals surface area contributed by atoms with Gasteiger partial charge in [0.1, 0.15) is 0 Å². The molecule has 8 nitrogen and oxygen atoms in total. The molecule has 0 aromatic carbocycles. The lowest BCUT2D eigenvalue weighted by molar-refractivity contribution is -0.137. The predicted octanol–water partition coefficient (Wildman–Crippen LogP) is 0.443. The van der Waals surface area contributed by atoms with E-state index in [1.807, 2.05) is 7.05 Å². The molecule has 1 saturated carbocycles. The number of likely N-dealkylation sites (tertiary alicyclic amines) is 1. The lowest BCUT2D eigenvalue weighted by Crippen LogP contribution is -2.48. The summed E-state index contributed by atoms with van der Waals surface area (Å²) in [7, 11) is 3.40. The summed E-state index contributed by atoms with van der Waals surface area (Å²) >= 11 is 0. The number of methoxy groups -OCH3 is 1. The highest BCUT2D eigenvalue weighted by Gasteiger charge is 2.35. The zero-order chi connectivity index (χ0) is 17.1. The van der Waals surface area contributed by atoms with Gasteiger partial charge in [-0.25, -0.2) is 0 Å². The molecule has 0 unspecified atom stereocenters. The van der Waals surface area contributed by atoms with Gasteiger partial charge in [0.2, 0.25) is 17.7 Å². The fourth-order valence-corrected chi connectivity index (χ4v) is 2.74. The maximum atomic E-state index is 11.9. The van der Waals surface area contributed by atoms with Crippen molar-refractivity contribution >= 4 is 11.8 Å². The second kappa shape index (κ2) is 7.29. The first-order valence-corrected chi connectivity index (χ1v) is 8.42. The monoisotopic (exact) mass is 336 g/mol. The average Bonchev–Trinajstić information content (AvgIpc) is 3.28. The molecule has 1 saturated heterocycles. The summed E-state index contributed by atoms with van der Waals surface area (Å²) < 4.78 is 10.2. The number of amides is 2. The number of ether oxygens (including phenoxy) is 1. The molecule has 24 heavy (non-hydrogen) atoms. The summed E-state index contributed by atoms with van der Waals surface area (Å²) in [6.45, 7) is 2.27. The Morgan fingerprint density at radius 1 is 1.38 bits per heavy atom. The van der Waals surface area contributed by atoms with Gasteiger partial charge in [0.05, 0.1) is 18.9 Å². The van der Waals surface area contributed by atoms with Crippen LogP contribution >= 0.6 is 0 Å². The van der Waals surface area contributed by atoms with Crippen LogP contribution in [0.15, 0.2) is 4.52 Å². The average molecular weight is 336 g/mol. The van der Waals surface area contributed by atoms with Crippen molar-refractivity contribution in [1.29, 1.82) is 0 Å². The van der Waals surface area contributed by atoms with Crippen molar-refractivity contribution in [2.45, 2.75) is 31.6 Å². The highest BCUT2D eigenvalue weighted by molar-refractivity contribution is 5.80. The van der Waals surface area contributed by atoms with Crippen molar-refractivity contribution in [3.8, 4) is 0 Å². The molecule has 0 atom stereocenters. The van der Waals surface area contributed by atoms with Gasteiger partial charge in [-0.3, -0.25) is 9.59 Å². The number of likely N-dealkylation sites (N-methyl/N-ethyl adjacent to an activating group) is 1. The molecular weight excluding hydrogens is 312 g/mol. The smallest absolute Gasteiger partial charge is 0.233 e. The molecule has 0 radical (unpaired) electrons. The molecular formula is C16H24N4O4. The Balaban J connectivity index is 1.41. The van der Waals surface area contributed by atoms with E-state index in [9.17, 15) is 9.59 Å². The lowest BCUT2D eigenvalue weighted by atomic mass is 10.00. The molecule has 0 N–H and O–H groups in total. The first-order chi connectivity index (χ1) is 11.6. The van der Waals surface area contributed by atoms with Crippen LogP contribution in [0.2, 0.25) is 0 Å². The van der Waals surface area contributed by atoms with E-state index in [-0.39, 0.29) is 23.7 Å². The SMILES string of the molecule is COCCC(=O)N1CC(c2nc(CCN(C)C(=O)C3CC3)no2)C1. The fraction of sp³-hybridized carbons (Fsp3) is 0.750. The normalized spacial score (nSPS) is 17.7. The second-order valence-corrected chi connectivity index (χ2v) is 6.57. The minimum absolute atomic E-state index is 0.0908. The molecule has 0 spiro atoms. The highest BCUT2D eigenvalue weighted by atomic mass is 16.5. The van der Waals surface area contributed by atoms with Crippen LogP contribution in [0, 0.1) is 5.92 Å². The number of hydrogen-bond donors (Lipinski definition) is 0. The van der Waals surface area contributed by atoms with Gasteiger partial charge in [-0.15, -0.1) is 0 Å². The fourth-order valence-electron chi connectivity index (χ4n) is 2.74. The van der Waals surface area contributed by atoms with Crippen molar-refractivity contribution in [1.82, 2.24) is 19.9 Å². The van der Waals surface area contributed by atoms with Crippen LogP contribution in [-0.2, 0) is 20.7 Å². The van der Waals surface area contributed by atoms with Gasteiger partial charge >= 0.3 is 0 Å². The van der Waals surface area contributed by atoms with Gasteiger partial charge in [0.25, 0.3) is 0 Å². The van der Waals surface area contributed by atoms with Crippen LogP contribution in [-0.4, -0.2) is 72.2 Å². The summed E-state index contributed by atoms with van der Waals surface area (Å²) in [5.41, 5.74) is 0. The Labute approximate surface area is 141 Å². The third-order valence-electron chi connectivity index (χ3n) is 4.56. The predicted molar refractivity (Wildman–Crippen MR) is 84.2 cm³/mol. The zero-order valence-corrected chi connectivity index (χ0v) is 14.2. The van der Waals surface area contributed by atoms with Crippen molar-refractivity contribution in [2.24, 2.45) is 5.92 Å². The Hall–Kier alpha value is -1.96. The van der Waals surface area contributed by atoms with E-state index in [4.69, 9.17) is 9.26 Å². The van der Waals surface area contributed by atoms with E-state index in [0.29, 0.717) is 50.8 Å². The summed E-state index contributed by atoms with van der Waals surface area (Å²) in [5, 5.41) is 3.98. The number of nitrogens with zero attached hydrogens (tertiary/aromatic N) is 4. The van der Waals surface area contributed by atoms with E-state index < -0.39 is 0 Å². The summed E-state index contributed by atoms with van der Waals surface area (Å²) in [6.07, 6.45) is 3.01. The van der Waals surface area contributed by atoms with Crippen molar-refractivity contribution < 1.29 is 18.8 Å². The van der Waals surface area contributed by atoms with Gasteiger partial charge in [-0.1, -0.05) is 5.16 Å². The topological polar surface area (TPSA) is 88.8 Å². The third-order valence-corrected chi connectivity index (χ3v) is 4.56. The zero-order valence-electron chi connectivity index (χ0n) is 14.2. The molecule has 1 aliphatic heterocycles. The molecule has 3 rings (SSSR count). The summed E-state index contributed by atoms with van der Waals surface area (Å²) in [6, 6.07) is 0. The summed E-state index contributed by atoms with van der Waals surface area (Å²) in [4.78, 5) is 31.6. The first-order valence-electron chi connectivity index (χ1n) is 8.42. The Morgan fingerprint density at radius 2 is 2.12 bits per heavy atom. The maximum Gasteiger partial charge on any atom is 0.233 e. The maximum absolute atomic E-state index is 11.9. The van der Waals surface area contributed by atoms with Crippen LogP contribution in [0.5, 0.6) is 0 Å². The number of carbonyl (C=O) groups is 2. The van der Waals surface area contributed by atoms with Crippen LogP contribution < -0.4 is 0 Å². The first kappa shape index (κ1) is 16.9. The molecule has 1 aromatic rings. The Morgan fingerprint density at radius 3 is 2.79 bits per heavy atom. The molecule has 8 heteroatoms.